The fourth-order valence-electron chi connectivity index (χ4n) is 8.18. The van der Waals surface area contributed by atoms with Crippen LogP contribution in [0.15, 0.2) is 170 Å². The predicted molar refractivity (Wildman–Crippen MR) is 348 cm³/mol. The molecule has 0 aromatic rings. The maximum absolute atomic E-state index is 12.9. The highest BCUT2D eigenvalue weighted by Gasteiger charge is 2.19. The van der Waals surface area contributed by atoms with Gasteiger partial charge in [0.1, 0.15) is 13.2 Å². The summed E-state index contributed by atoms with van der Waals surface area (Å²) in [5.41, 5.74) is 0. The van der Waals surface area contributed by atoms with Crippen molar-refractivity contribution >= 4 is 17.9 Å². The number of unbranched alkanes of at least 4 members (excludes halogenated alkanes) is 17. The lowest BCUT2D eigenvalue weighted by Crippen LogP contribution is -2.30. The average molecular weight is 1100 g/mol. The fourth-order valence-corrected chi connectivity index (χ4v) is 8.18. The zero-order chi connectivity index (χ0) is 57.8. The molecule has 448 valence electrons. The third kappa shape index (κ3) is 63.6. The van der Waals surface area contributed by atoms with Gasteiger partial charge >= 0.3 is 17.9 Å². The largest absolute Gasteiger partial charge is 0.462 e. The van der Waals surface area contributed by atoms with E-state index in [1.165, 1.54) is 44.9 Å². The van der Waals surface area contributed by atoms with Crippen LogP contribution in [-0.4, -0.2) is 37.2 Å². The normalized spacial score (nSPS) is 13.3. The molecule has 80 heavy (non-hydrogen) atoms. The summed E-state index contributed by atoms with van der Waals surface area (Å²) in [7, 11) is 0. The van der Waals surface area contributed by atoms with E-state index < -0.39 is 6.10 Å². The van der Waals surface area contributed by atoms with Crippen LogP contribution in [0.3, 0.4) is 0 Å². The molecule has 0 saturated heterocycles. The summed E-state index contributed by atoms with van der Waals surface area (Å²) in [5, 5.41) is 0. The second kappa shape index (κ2) is 66.3. The lowest BCUT2D eigenvalue weighted by atomic mass is 10.1. The summed E-state index contributed by atoms with van der Waals surface area (Å²) in [4.78, 5) is 38.2. The van der Waals surface area contributed by atoms with Gasteiger partial charge in [-0.1, -0.05) is 255 Å². The van der Waals surface area contributed by atoms with Crippen molar-refractivity contribution in [3.63, 3.8) is 0 Å². The minimum atomic E-state index is -0.820. The molecule has 0 aromatic heterocycles. The number of hydrogen-bond donors (Lipinski definition) is 0. The van der Waals surface area contributed by atoms with Gasteiger partial charge in [0.2, 0.25) is 0 Å². The van der Waals surface area contributed by atoms with Crippen LogP contribution < -0.4 is 0 Å². The van der Waals surface area contributed by atoms with E-state index in [0.717, 1.165) is 167 Å². The summed E-state index contributed by atoms with van der Waals surface area (Å²) in [6, 6.07) is 0. The van der Waals surface area contributed by atoms with Gasteiger partial charge in [0.25, 0.3) is 0 Å². The minimum Gasteiger partial charge on any atom is -0.462 e. The van der Waals surface area contributed by atoms with Crippen LogP contribution in [0.25, 0.3) is 0 Å². The highest BCUT2D eigenvalue weighted by molar-refractivity contribution is 5.71. The number of ether oxygens (including phenoxy) is 3. The van der Waals surface area contributed by atoms with Gasteiger partial charge in [-0.2, -0.15) is 0 Å². The van der Waals surface area contributed by atoms with E-state index in [2.05, 4.69) is 191 Å². The zero-order valence-corrected chi connectivity index (χ0v) is 51.3. The molecule has 0 aliphatic carbocycles. The van der Waals surface area contributed by atoms with Crippen LogP contribution in [0.1, 0.15) is 258 Å². The van der Waals surface area contributed by atoms with Crippen molar-refractivity contribution in [2.75, 3.05) is 13.2 Å². The third-order valence-electron chi connectivity index (χ3n) is 12.9. The van der Waals surface area contributed by atoms with E-state index in [1.54, 1.807) is 0 Å². The first-order valence-corrected chi connectivity index (χ1v) is 32.1. The van der Waals surface area contributed by atoms with E-state index in [9.17, 15) is 14.4 Å². The zero-order valence-electron chi connectivity index (χ0n) is 51.3. The molecule has 0 aliphatic rings. The summed E-state index contributed by atoms with van der Waals surface area (Å²) < 4.78 is 16.8. The molecule has 1 atom stereocenters. The Morgan fingerprint density at radius 1 is 0.263 bits per heavy atom. The van der Waals surface area contributed by atoms with Gasteiger partial charge in [0.15, 0.2) is 6.10 Å². The number of esters is 3. The van der Waals surface area contributed by atoms with Crippen LogP contribution in [0.5, 0.6) is 0 Å². The van der Waals surface area contributed by atoms with Crippen molar-refractivity contribution in [2.45, 2.75) is 264 Å². The van der Waals surface area contributed by atoms with Gasteiger partial charge in [0.05, 0.1) is 0 Å². The highest BCUT2D eigenvalue weighted by atomic mass is 16.6. The molecule has 0 aromatic carbocycles. The Kier molecular flexibility index (Phi) is 61.9. The Labute approximate surface area is 492 Å². The van der Waals surface area contributed by atoms with Gasteiger partial charge in [-0.3, -0.25) is 14.4 Å². The van der Waals surface area contributed by atoms with Gasteiger partial charge in [-0.15, -0.1) is 0 Å². The molecule has 0 spiro atoms. The van der Waals surface area contributed by atoms with Gasteiger partial charge < -0.3 is 14.2 Å². The maximum atomic E-state index is 12.9. The lowest BCUT2D eigenvalue weighted by Gasteiger charge is -2.18. The van der Waals surface area contributed by atoms with Crippen molar-refractivity contribution < 1.29 is 28.6 Å². The van der Waals surface area contributed by atoms with Crippen LogP contribution >= 0.6 is 0 Å². The Bertz CT molecular complexity index is 1840. The maximum Gasteiger partial charge on any atom is 0.306 e. The van der Waals surface area contributed by atoms with Gasteiger partial charge in [-0.05, 0) is 154 Å². The SMILES string of the molecule is CC/C=C\C/C=C\C/C=C\C/C=C\C/C=C\C/C=C\C/C=C\C/C=C\C/C=C\CCCCCCCC(=O)OCC(COC(=O)CCCCCCC/C=C\CCCCCCC)OC(=O)CCCC/C=C\C/C=C\C/C=C\C/C=C\CC. The first-order valence-electron chi connectivity index (χ1n) is 32.1. The fraction of sp³-hybridized carbons (Fsp3) is 0.581. The summed E-state index contributed by atoms with van der Waals surface area (Å²) in [5.74, 6) is -0.988. The quantitative estimate of drug-likeness (QED) is 0.0261. The van der Waals surface area contributed by atoms with Crippen molar-refractivity contribution in [3.05, 3.63) is 170 Å². The molecule has 0 radical (unpaired) electrons. The van der Waals surface area contributed by atoms with Gasteiger partial charge in [0, 0.05) is 19.3 Å². The minimum absolute atomic E-state index is 0.112. The van der Waals surface area contributed by atoms with E-state index >= 15 is 0 Å². The van der Waals surface area contributed by atoms with Crippen LogP contribution in [0.4, 0.5) is 0 Å². The molecule has 0 bridgehead atoms. The summed E-state index contributed by atoms with van der Waals surface area (Å²) in [6.45, 7) is 6.33. The Morgan fingerprint density at radius 3 is 0.800 bits per heavy atom. The van der Waals surface area contributed by atoms with Crippen LogP contribution in [0, 0.1) is 0 Å². The monoisotopic (exact) mass is 1100 g/mol. The molecule has 0 aliphatic heterocycles. The second-order valence-corrected chi connectivity index (χ2v) is 20.5. The summed E-state index contributed by atoms with van der Waals surface area (Å²) >= 11 is 0. The molecule has 6 nitrogen and oxygen atoms in total. The van der Waals surface area contributed by atoms with E-state index in [1.807, 2.05) is 0 Å². The van der Waals surface area contributed by atoms with E-state index in [4.69, 9.17) is 14.2 Å². The molecule has 0 amide bonds. The van der Waals surface area contributed by atoms with E-state index in [-0.39, 0.29) is 37.5 Å². The van der Waals surface area contributed by atoms with Gasteiger partial charge in [-0.25, -0.2) is 0 Å². The van der Waals surface area contributed by atoms with Crippen LogP contribution in [-0.2, 0) is 28.6 Å². The Morgan fingerprint density at radius 2 is 0.487 bits per heavy atom. The number of carbonyl (C=O) groups excluding carboxylic acids is 3. The molecule has 0 N–H and O–H groups in total. The Hall–Kier alpha value is -5.23. The van der Waals surface area contributed by atoms with Crippen molar-refractivity contribution in [1.29, 1.82) is 0 Å². The molecule has 0 saturated carbocycles. The average Bonchev–Trinajstić information content (AvgIpc) is 3.46. The van der Waals surface area contributed by atoms with Crippen molar-refractivity contribution in [2.24, 2.45) is 0 Å². The number of carbonyl (C=O) groups is 3. The second-order valence-electron chi connectivity index (χ2n) is 20.5. The van der Waals surface area contributed by atoms with Crippen molar-refractivity contribution in [3.8, 4) is 0 Å². The molecular weight excluding hydrogens is 985 g/mol. The lowest BCUT2D eigenvalue weighted by molar-refractivity contribution is -0.167. The predicted octanol–water partition coefficient (Wildman–Crippen LogP) is 22.3. The first-order chi connectivity index (χ1) is 39.5. The number of allylic oxidation sites excluding steroid dienone is 28. The highest BCUT2D eigenvalue weighted by Crippen LogP contribution is 2.13. The third-order valence-corrected chi connectivity index (χ3v) is 12.9. The number of hydrogen-bond acceptors (Lipinski definition) is 6. The molecule has 1 unspecified atom stereocenters. The Balaban J connectivity index is 4.39. The van der Waals surface area contributed by atoms with E-state index in [0.29, 0.717) is 19.3 Å². The molecular formula is C74H116O6. The number of rotatable bonds is 56. The molecule has 6 heteroatoms. The molecule has 0 rings (SSSR count). The standard InChI is InChI=1S/C74H116O6/c1-4-7-10-13-16-19-22-25-28-29-30-31-32-33-34-35-36-37-38-39-40-41-42-43-44-45-47-49-52-55-58-61-64-67-73(76)79-70-71(69-78-72(75)66-63-60-57-54-51-48-27-24-21-18-15-12-9-6-3)80-74(77)68-65-62-59-56-53-50-46-26-23-20-17-14-11-8-5-2/h7-8,10-11,16-17,19-20,24-28,30-31,33-34,36-37,39-40,42-43,45-47,53,56,71H,4-6,9,12-15,18,21-23,29,32,35,38,41,44,48-52,54-55,57-70H2,1-3H3/b10-7-,11-8-,19-16-,20-17-,27-24-,28-25-,31-30-,34-33-,37-36-,40-39-,43-42-,46-26-,47-45-,56-53-. The molecule has 0 fully saturated rings. The topological polar surface area (TPSA) is 78.9 Å². The van der Waals surface area contributed by atoms with Crippen LogP contribution in [0.2, 0.25) is 0 Å². The summed E-state index contributed by atoms with van der Waals surface area (Å²) in [6.07, 6.45) is 97.9. The smallest absolute Gasteiger partial charge is 0.306 e. The van der Waals surface area contributed by atoms with Crippen molar-refractivity contribution in [1.82, 2.24) is 0 Å². The first kappa shape index (κ1) is 74.8. The molecule has 0 heterocycles.